The van der Waals surface area contributed by atoms with Crippen LogP contribution in [0.5, 0.6) is 0 Å². The summed E-state index contributed by atoms with van der Waals surface area (Å²) in [6.07, 6.45) is 2.69. The second kappa shape index (κ2) is 5.20. The zero-order valence-corrected chi connectivity index (χ0v) is 11.4. The third-order valence-electron chi connectivity index (χ3n) is 2.91. The molecule has 0 saturated carbocycles. The van der Waals surface area contributed by atoms with Gasteiger partial charge in [0.05, 0.1) is 6.33 Å². The summed E-state index contributed by atoms with van der Waals surface area (Å²) in [5, 5.41) is 3.21. The Balaban J connectivity index is 2.44. The number of nitrogens with zero attached hydrogens (tertiary/aromatic N) is 4. The fourth-order valence-electron chi connectivity index (χ4n) is 1.63. The third kappa shape index (κ3) is 2.37. The standard InChI is InChI=1S/C12H20N6/c1-5-6-13-12-16-10-9(14-7-15-10)11(17-12)18(4)8(2)3/h7-8H,5-6H2,1-4H3,(H2,13,14,15,16,17). The number of H-pyrrole nitrogens is 1. The van der Waals surface area contributed by atoms with Crippen LogP contribution >= 0.6 is 0 Å². The Bertz CT molecular complexity index is 518. The molecular weight excluding hydrogens is 228 g/mol. The molecular formula is C12H20N6. The molecule has 6 heteroatoms. The summed E-state index contributed by atoms with van der Waals surface area (Å²) in [4.78, 5) is 18.4. The number of fused-ring (bicyclic) bond motifs is 1. The summed E-state index contributed by atoms with van der Waals surface area (Å²) in [5.41, 5.74) is 1.58. The van der Waals surface area contributed by atoms with Crippen LogP contribution in [0.25, 0.3) is 11.2 Å². The summed E-state index contributed by atoms with van der Waals surface area (Å²) in [5.74, 6) is 1.52. The summed E-state index contributed by atoms with van der Waals surface area (Å²) in [6.45, 7) is 7.23. The number of imidazole rings is 1. The second-order valence-corrected chi connectivity index (χ2v) is 4.60. The normalized spacial score (nSPS) is 11.2. The van der Waals surface area contributed by atoms with E-state index in [2.05, 4.69) is 50.9 Å². The zero-order valence-electron chi connectivity index (χ0n) is 11.4. The van der Waals surface area contributed by atoms with Crippen molar-refractivity contribution in [3.63, 3.8) is 0 Å². The first kappa shape index (κ1) is 12.6. The van der Waals surface area contributed by atoms with Crippen molar-refractivity contribution in [2.24, 2.45) is 0 Å². The minimum Gasteiger partial charge on any atom is -0.355 e. The van der Waals surface area contributed by atoms with Crippen LogP contribution in [0.1, 0.15) is 27.2 Å². The number of anilines is 2. The molecule has 0 aliphatic rings. The summed E-state index contributed by atoms with van der Waals surface area (Å²) < 4.78 is 0. The van der Waals surface area contributed by atoms with Gasteiger partial charge in [-0.15, -0.1) is 0 Å². The Morgan fingerprint density at radius 1 is 1.39 bits per heavy atom. The maximum Gasteiger partial charge on any atom is 0.226 e. The lowest BCUT2D eigenvalue weighted by Gasteiger charge is -2.23. The molecule has 0 saturated heterocycles. The minimum atomic E-state index is 0.366. The van der Waals surface area contributed by atoms with Crippen LogP contribution in [-0.2, 0) is 0 Å². The van der Waals surface area contributed by atoms with Crippen molar-refractivity contribution >= 4 is 22.9 Å². The van der Waals surface area contributed by atoms with Crippen LogP contribution in [0, 0.1) is 0 Å². The van der Waals surface area contributed by atoms with E-state index < -0.39 is 0 Å². The van der Waals surface area contributed by atoms with E-state index >= 15 is 0 Å². The molecule has 2 aromatic rings. The van der Waals surface area contributed by atoms with Gasteiger partial charge in [0, 0.05) is 19.6 Å². The first-order valence-corrected chi connectivity index (χ1v) is 6.31. The highest BCUT2D eigenvalue weighted by atomic mass is 15.2. The largest absolute Gasteiger partial charge is 0.355 e. The molecule has 2 heterocycles. The predicted octanol–water partition coefficient (Wildman–Crippen LogP) is 2.02. The molecule has 2 N–H and O–H groups in total. The highest BCUT2D eigenvalue weighted by molar-refractivity contribution is 5.84. The van der Waals surface area contributed by atoms with Gasteiger partial charge in [-0.3, -0.25) is 0 Å². The van der Waals surface area contributed by atoms with Crippen molar-refractivity contribution in [1.29, 1.82) is 0 Å². The van der Waals surface area contributed by atoms with Gasteiger partial charge in [-0.1, -0.05) is 6.92 Å². The van der Waals surface area contributed by atoms with Gasteiger partial charge in [-0.25, -0.2) is 4.98 Å². The molecule has 0 radical (unpaired) electrons. The molecule has 2 rings (SSSR count). The monoisotopic (exact) mass is 248 g/mol. The van der Waals surface area contributed by atoms with E-state index in [0.717, 1.165) is 24.3 Å². The molecule has 0 atom stereocenters. The fraction of sp³-hybridized carbons (Fsp3) is 0.583. The van der Waals surface area contributed by atoms with Crippen molar-refractivity contribution in [2.45, 2.75) is 33.2 Å². The van der Waals surface area contributed by atoms with Crippen molar-refractivity contribution in [1.82, 2.24) is 19.9 Å². The van der Waals surface area contributed by atoms with E-state index in [1.807, 2.05) is 7.05 Å². The Kier molecular flexibility index (Phi) is 3.64. The topological polar surface area (TPSA) is 69.7 Å². The van der Waals surface area contributed by atoms with E-state index in [9.17, 15) is 0 Å². The molecule has 98 valence electrons. The van der Waals surface area contributed by atoms with Gasteiger partial charge in [-0.05, 0) is 20.3 Å². The number of hydrogen-bond donors (Lipinski definition) is 2. The summed E-state index contributed by atoms with van der Waals surface area (Å²) in [7, 11) is 2.02. The van der Waals surface area contributed by atoms with Gasteiger partial charge in [-0.2, -0.15) is 9.97 Å². The second-order valence-electron chi connectivity index (χ2n) is 4.60. The van der Waals surface area contributed by atoms with E-state index in [0.29, 0.717) is 17.6 Å². The Hall–Kier alpha value is -1.85. The molecule has 6 nitrogen and oxygen atoms in total. The molecule has 0 aliphatic carbocycles. The first-order valence-electron chi connectivity index (χ1n) is 6.31. The fourth-order valence-corrected chi connectivity index (χ4v) is 1.63. The lowest BCUT2D eigenvalue weighted by atomic mass is 10.3. The van der Waals surface area contributed by atoms with E-state index in [1.165, 1.54) is 0 Å². The zero-order chi connectivity index (χ0) is 13.1. The van der Waals surface area contributed by atoms with Crippen molar-refractivity contribution in [3.8, 4) is 0 Å². The number of nitrogens with one attached hydrogen (secondary N) is 2. The first-order chi connectivity index (χ1) is 8.63. The van der Waals surface area contributed by atoms with Crippen LogP contribution in [0.15, 0.2) is 6.33 Å². The molecule has 0 spiro atoms. The molecule has 0 bridgehead atoms. The SMILES string of the molecule is CCCNc1nc(N(C)C(C)C)c2[nH]cnc2n1. The number of rotatable bonds is 5. The van der Waals surface area contributed by atoms with Crippen LogP contribution in [0.3, 0.4) is 0 Å². The molecule has 0 fully saturated rings. The highest BCUT2D eigenvalue weighted by Crippen LogP contribution is 2.22. The van der Waals surface area contributed by atoms with E-state index in [4.69, 9.17) is 0 Å². The lowest BCUT2D eigenvalue weighted by Crippen LogP contribution is -2.27. The van der Waals surface area contributed by atoms with Crippen molar-refractivity contribution in [3.05, 3.63) is 6.33 Å². The van der Waals surface area contributed by atoms with E-state index in [1.54, 1.807) is 6.33 Å². The average molecular weight is 248 g/mol. The minimum absolute atomic E-state index is 0.366. The van der Waals surface area contributed by atoms with E-state index in [-0.39, 0.29) is 0 Å². The number of aromatic amines is 1. The Labute approximate surface area is 107 Å². The third-order valence-corrected chi connectivity index (χ3v) is 2.91. The van der Waals surface area contributed by atoms with Gasteiger partial charge in [0.2, 0.25) is 5.95 Å². The molecule has 0 unspecified atom stereocenters. The lowest BCUT2D eigenvalue weighted by molar-refractivity contribution is 0.744. The molecule has 2 aromatic heterocycles. The quantitative estimate of drug-likeness (QED) is 0.847. The molecule has 0 amide bonds. The van der Waals surface area contributed by atoms with Gasteiger partial charge in [0.1, 0.15) is 5.52 Å². The summed E-state index contributed by atoms with van der Waals surface area (Å²) in [6, 6.07) is 0.366. The van der Waals surface area contributed by atoms with Crippen LogP contribution in [-0.4, -0.2) is 39.6 Å². The van der Waals surface area contributed by atoms with Crippen molar-refractivity contribution < 1.29 is 0 Å². The van der Waals surface area contributed by atoms with Crippen LogP contribution < -0.4 is 10.2 Å². The Morgan fingerprint density at radius 2 is 2.17 bits per heavy atom. The molecule has 0 aliphatic heterocycles. The van der Waals surface area contributed by atoms with Gasteiger partial charge < -0.3 is 15.2 Å². The van der Waals surface area contributed by atoms with Crippen LogP contribution in [0.4, 0.5) is 11.8 Å². The average Bonchev–Trinajstić information content (AvgIpc) is 2.82. The Morgan fingerprint density at radius 3 is 2.83 bits per heavy atom. The summed E-state index contributed by atoms with van der Waals surface area (Å²) >= 11 is 0. The smallest absolute Gasteiger partial charge is 0.226 e. The van der Waals surface area contributed by atoms with Gasteiger partial charge in [0.15, 0.2) is 11.5 Å². The van der Waals surface area contributed by atoms with Crippen LogP contribution in [0.2, 0.25) is 0 Å². The number of aromatic nitrogens is 4. The van der Waals surface area contributed by atoms with Gasteiger partial charge >= 0.3 is 0 Å². The number of hydrogen-bond acceptors (Lipinski definition) is 5. The van der Waals surface area contributed by atoms with Gasteiger partial charge in [0.25, 0.3) is 0 Å². The maximum absolute atomic E-state index is 4.56. The predicted molar refractivity (Wildman–Crippen MR) is 74.0 cm³/mol. The molecule has 18 heavy (non-hydrogen) atoms. The highest BCUT2D eigenvalue weighted by Gasteiger charge is 2.15. The molecule has 0 aromatic carbocycles. The maximum atomic E-state index is 4.56. The van der Waals surface area contributed by atoms with Crippen molar-refractivity contribution in [2.75, 3.05) is 23.8 Å².